The van der Waals surface area contributed by atoms with Crippen molar-refractivity contribution in [3.63, 3.8) is 0 Å². The van der Waals surface area contributed by atoms with Gasteiger partial charge in [0.1, 0.15) is 6.10 Å². The Morgan fingerprint density at radius 2 is 2.26 bits per heavy atom. The smallest absolute Gasteiger partial charge is 0.163 e. The van der Waals surface area contributed by atoms with Gasteiger partial charge in [-0.25, -0.2) is 9.97 Å². The highest BCUT2D eigenvalue weighted by molar-refractivity contribution is 5.23. The van der Waals surface area contributed by atoms with E-state index in [4.69, 9.17) is 4.74 Å². The van der Waals surface area contributed by atoms with Crippen LogP contribution in [0.3, 0.4) is 0 Å². The molecular weight excluding hydrogens is 240 g/mol. The van der Waals surface area contributed by atoms with E-state index >= 15 is 0 Å². The fourth-order valence-electron chi connectivity index (χ4n) is 2.22. The van der Waals surface area contributed by atoms with Crippen molar-refractivity contribution in [1.82, 2.24) is 19.7 Å². The summed E-state index contributed by atoms with van der Waals surface area (Å²) in [5.41, 5.74) is 0. The van der Waals surface area contributed by atoms with Crippen LogP contribution in [-0.4, -0.2) is 26.4 Å². The lowest BCUT2D eigenvalue weighted by atomic mass is 10.2. The maximum Gasteiger partial charge on any atom is 0.163 e. The lowest BCUT2D eigenvalue weighted by Gasteiger charge is -2.09. The van der Waals surface area contributed by atoms with Crippen LogP contribution in [-0.2, 0) is 4.74 Å². The van der Waals surface area contributed by atoms with E-state index in [2.05, 4.69) is 28.9 Å². The molecule has 1 unspecified atom stereocenters. The lowest BCUT2D eigenvalue weighted by Crippen LogP contribution is -2.09. The van der Waals surface area contributed by atoms with Crippen molar-refractivity contribution in [2.75, 3.05) is 6.61 Å². The van der Waals surface area contributed by atoms with Crippen LogP contribution in [0.15, 0.2) is 24.4 Å². The number of pyridine rings is 1. The molecule has 3 rings (SSSR count). The summed E-state index contributed by atoms with van der Waals surface area (Å²) in [6.45, 7) is 4.99. The van der Waals surface area contributed by atoms with Gasteiger partial charge in [-0.3, -0.25) is 0 Å². The van der Waals surface area contributed by atoms with E-state index in [-0.39, 0.29) is 6.10 Å². The Labute approximate surface area is 112 Å². The molecule has 1 fully saturated rings. The second-order valence-electron chi connectivity index (χ2n) is 5.08. The quantitative estimate of drug-likeness (QED) is 0.849. The van der Waals surface area contributed by atoms with Crippen molar-refractivity contribution < 1.29 is 4.74 Å². The Hall–Kier alpha value is -1.75. The monoisotopic (exact) mass is 258 g/mol. The molecule has 0 saturated carbocycles. The number of hydrogen-bond donors (Lipinski definition) is 0. The zero-order chi connectivity index (χ0) is 13.2. The molecule has 0 N–H and O–H groups in total. The van der Waals surface area contributed by atoms with E-state index in [1.165, 1.54) is 0 Å². The van der Waals surface area contributed by atoms with Crippen LogP contribution in [0.2, 0.25) is 0 Å². The first-order valence-electron chi connectivity index (χ1n) is 6.75. The molecule has 2 aromatic rings. The molecule has 1 atom stereocenters. The standard InChI is InChI=1S/C14H18N4O/c1-10(2)13-16-14(11-6-5-9-19-11)18(17-13)12-7-3-4-8-15-12/h3-4,7-8,10-11H,5-6,9H2,1-2H3. The van der Waals surface area contributed by atoms with Crippen molar-refractivity contribution in [3.05, 3.63) is 36.0 Å². The van der Waals surface area contributed by atoms with Crippen LogP contribution >= 0.6 is 0 Å². The van der Waals surface area contributed by atoms with E-state index in [9.17, 15) is 0 Å². The van der Waals surface area contributed by atoms with Gasteiger partial charge in [-0.15, -0.1) is 5.10 Å². The SMILES string of the molecule is CC(C)c1nc(C2CCCO2)n(-c2ccccn2)n1. The third-order valence-corrected chi connectivity index (χ3v) is 3.25. The second kappa shape index (κ2) is 5.09. The van der Waals surface area contributed by atoms with Crippen molar-refractivity contribution >= 4 is 0 Å². The zero-order valence-electron chi connectivity index (χ0n) is 11.3. The van der Waals surface area contributed by atoms with Gasteiger partial charge >= 0.3 is 0 Å². The first-order chi connectivity index (χ1) is 9.25. The summed E-state index contributed by atoms with van der Waals surface area (Å²) in [6, 6.07) is 5.80. The molecule has 100 valence electrons. The summed E-state index contributed by atoms with van der Waals surface area (Å²) in [6.07, 6.45) is 3.90. The number of hydrogen-bond acceptors (Lipinski definition) is 4. The maximum absolute atomic E-state index is 5.74. The average Bonchev–Trinajstić information content (AvgIpc) is 3.08. The molecule has 5 heteroatoms. The molecule has 0 aliphatic carbocycles. The van der Waals surface area contributed by atoms with Crippen LogP contribution in [0.5, 0.6) is 0 Å². The summed E-state index contributed by atoms with van der Waals surface area (Å²) in [4.78, 5) is 9.01. The summed E-state index contributed by atoms with van der Waals surface area (Å²) in [5, 5.41) is 4.59. The summed E-state index contributed by atoms with van der Waals surface area (Å²) in [7, 11) is 0. The highest BCUT2D eigenvalue weighted by Gasteiger charge is 2.26. The van der Waals surface area contributed by atoms with Gasteiger partial charge in [0, 0.05) is 18.7 Å². The highest BCUT2D eigenvalue weighted by atomic mass is 16.5. The Morgan fingerprint density at radius 3 is 2.89 bits per heavy atom. The minimum atomic E-state index is 0.0435. The Kier molecular flexibility index (Phi) is 3.29. The van der Waals surface area contributed by atoms with Gasteiger partial charge in [0.2, 0.25) is 0 Å². The fourth-order valence-corrected chi connectivity index (χ4v) is 2.22. The van der Waals surface area contributed by atoms with Gasteiger partial charge in [-0.05, 0) is 25.0 Å². The van der Waals surface area contributed by atoms with Gasteiger partial charge in [0.25, 0.3) is 0 Å². The summed E-state index contributed by atoms with van der Waals surface area (Å²) < 4.78 is 7.57. The molecule has 1 aliphatic heterocycles. The fraction of sp³-hybridized carbons (Fsp3) is 0.500. The normalized spacial score (nSPS) is 19.2. The predicted molar refractivity (Wildman–Crippen MR) is 71.2 cm³/mol. The highest BCUT2D eigenvalue weighted by Crippen LogP contribution is 2.29. The molecule has 2 aromatic heterocycles. The molecule has 1 aliphatic rings. The third-order valence-electron chi connectivity index (χ3n) is 3.25. The number of aromatic nitrogens is 4. The first-order valence-corrected chi connectivity index (χ1v) is 6.75. The minimum Gasteiger partial charge on any atom is -0.370 e. The molecule has 1 saturated heterocycles. The number of ether oxygens (including phenoxy) is 1. The minimum absolute atomic E-state index is 0.0435. The summed E-state index contributed by atoms with van der Waals surface area (Å²) >= 11 is 0. The van der Waals surface area contributed by atoms with Crippen LogP contribution in [0.25, 0.3) is 5.82 Å². The topological polar surface area (TPSA) is 52.8 Å². The Balaban J connectivity index is 2.05. The van der Waals surface area contributed by atoms with E-state index in [1.54, 1.807) is 6.20 Å². The van der Waals surface area contributed by atoms with Crippen LogP contribution in [0.4, 0.5) is 0 Å². The van der Waals surface area contributed by atoms with E-state index < -0.39 is 0 Å². The largest absolute Gasteiger partial charge is 0.370 e. The molecule has 0 spiro atoms. The van der Waals surface area contributed by atoms with Crippen molar-refractivity contribution in [3.8, 4) is 5.82 Å². The second-order valence-corrected chi connectivity index (χ2v) is 5.08. The molecule has 19 heavy (non-hydrogen) atoms. The lowest BCUT2D eigenvalue weighted by molar-refractivity contribution is 0.103. The predicted octanol–water partition coefficient (Wildman–Crippen LogP) is 2.64. The molecule has 0 radical (unpaired) electrons. The van der Waals surface area contributed by atoms with Gasteiger partial charge in [-0.2, -0.15) is 4.68 Å². The average molecular weight is 258 g/mol. The zero-order valence-corrected chi connectivity index (χ0v) is 11.3. The van der Waals surface area contributed by atoms with Gasteiger partial charge in [0.05, 0.1) is 0 Å². The molecule has 5 nitrogen and oxygen atoms in total. The van der Waals surface area contributed by atoms with Gasteiger partial charge in [-0.1, -0.05) is 19.9 Å². The molecular formula is C14H18N4O. The van der Waals surface area contributed by atoms with E-state index in [1.807, 2.05) is 22.9 Å². The van der Waals surface area contributed by atoms with Crippen LogP contribution in [0.1, 0.15) is 50.4 Å². The van der Waals surface area contributed by atoms with E-state index in [0.29, 0.717) is 5.92 Å². The molecule has 0 bridgehead atoms. The third kappa shape index (κ3) is 2.38. The van der Waals surface area contributed by atoms with Crippen LogP contribution in [0, 0.1) is 0 Å². The van der Waals surface area contributed by atoms with Crippen molar-refractivity contribution in [2.45, 2.75) is 38.7 Å². The molecule has 3 heterocycles. The van der Waals surface area contributed by atoms with Gasteiger partial charge in [0.15, 0.2) is 17.5 Å². The first kappa shape index (κ1) is 12.3. The maximum atomic E-state index is 5.74. The van der Waals surface area contributed by atoms with Crippen molar-refractivity contribution in [1.29, 1.82) is 0 Å². The van der Waals surface area contributed by atoms with E-state index in [0.717, 1.165) is 36.9 Å². The molecule has 0 amide bonds. The van der Waals surface area contributed by atoms with Gasteiger partial charge < -0.3 is 4.74 Å². The van der Waals surface area contributed by atoms with Crippen molar-refractivity contribution in [2.24, 2.45) is 0 Å². The Bertz CT molecular complexity index is 544. The molecule has 0 aromatic carbocycles. The Morgan fingerprint density at radius 1 is 1.37 bits per heavy atom. The number of rotatable bonds is 3. The summed E-state index contributed by atoms with van der Waals surface area (Å²) in [5.74, 6) is 2.81. The number of nitrogens with zero attached hydrogens (tertiary/aromatic N) is 4. The van der Waals surface area contributed by atoms with Crippen LogP contribution < -0.4 is 0 Å².